The number of aromatic nitrogens is 6. The van der Waals surface area contributed by atoms with Crippen LogP contribution < -0.4 is 5.32 Å². The van der Waals surface area contributed by atoms with Crippen LogP contribution in [0.25, 0.3) is 0 Å². The molecule has 0 radical (unpaired) electrons. The molecule has 0 bridgehead atoms. The third kappa shape index (κ3) is 3.92. The van der Waals surface area contributed by atoms with E-state index in [1.54, 1.807) is 17.2 Å². The molecule has 3 rings (SSSR count). The number of carbonyl (C=O) groups excluding carboxylic acids is 1. The normalized spacial score (nSPS) is 17.5. The van der Waals surface area contributed by atoms with Gasteiger partial charge in [-0.1, -0.05) is 12.1 Å². The molecule has 2 aromatic rings. The Morgan fingerprint density at radius 1 is 1.48 bits per heavy atom. The molecule has 1 saturated heterocycles. The molecular weight excluding hydrogens is 298 g/mol. The second kappa shape index (κ2) is 7.32. The van der Waals surface area contributed by atoms with Crippen molar-refractivity contribution >= 4 is 5.91 Å². The van der Waals surface area contributed by atoms with Gasteiger partial charge in [0.15, 0.2) is 11.5 Å². The van der Waals surface area contributed by atoms with E-state index in [4.69, 9.17) is 4.74 Å². The molecule has 23 heavy (non-hydrogen) atoms. The lowest BCUT2D eigenvalue weighted by molar-refractivity contribution is 0.0929. The fraction of sp³-hybridized carbons (Fsp3) is 0.643. The molecule has 1 fully saturated rings. The Morgan fingerprint density at radius 2 is 2.39 bits per heavy atom. The molecule has 124 valence electrons. The van der Waals surface area contributed by atoms with Crippen LogP contribution in [-0.4, -0.2) is 48.4 Å². The number of rotatable bonds is 7. The first-order valence-electron chi connectivity index (χ1n) is 7.93. The van der Waals surface area contributed by atoms with Crippen LogP contribution in [0.3, 0.4) is 0 Å². The van der Waals surface area contributed by atoms with Gasteiger partial charge in [0.2, 0.25) is 0 Å². The van der Waals surface area contributed by atoms with Crippen molar-refractivity contribution in [2.45, 2.75) is 51.9 Å². The maximum Gasteiger partial charge on any atom is 0.273 e. The molecule has 9 nitrogen and oxygen atoms in total. The largest absolute Gasteiger partial charge is 0.376 e. The molecule has 0 saturated carbocycles. The van der Waals surface area contributed by atoms with Gasteiger partial charge in [-0.3, -0.25) is 4.79 Å². The molecule has 1 aliphatic rings. The van der Waals surface area contributed by atoms with Crippen LogP contribution in [0.15, 0.2) is 12.5 Å². The SMILES string of the molecule is CCCn1cnnc1CNC(=O)c1cn(C[C@@H]2CCCO2)nn1. The average molecular weight is 319 g/mol. The van der Waals surface area contributed by atoms with Gasteiger partial charge in [0.05, 0.1) is 25.4 Å². The van der Waals surface area contributed by atoms with Crippen molar-refractivity contribution in [3.8, 4) is 0 Å². The van der Waals surface area contributed by atoms with Crippen LogP contribution in [0.5, 0.6) is 0 Å². The maximum atomic E-state index is 12.1. The summed E-state index contributed by atoms with van der Waals surface area (Å²) in [7, 11) is 0. The minimum absolute atomic E-state index is 0.167. The molecule has 1 aliphatic heterocycles. The van der Waals surface area contributed by atoms with Crippen molar-refractivity contribution < 1.29 is 9.53 Å². The zero-order valence-corrected chi connectivity index (χ0v) is 13.2. The van der Waals surface area contributed by atoms with Crippen LogP contribution in [0.2, 0.25) is 0 Å². The highest BCUT2D eigenvalue weighted by Gasteiger charge is 2.18. The lowest BCUT2D eigenvalue weighted by Gasteiger charge is -2.07. The third-order valence-corrected chi connectivity index (χ3v) is 3.75. The summed E-state index contributed by atoms with van der Waals surface area (Å²) < 4.78 is 9.13. The second-order valence-electron chi connectivity index (χ2n) is 5.58. The van der Waals surface area contributed by atoms with Gasteiger partial charge in [-0.25, -0.2) is 4.68 Å². The van der Waals surface area contributed by atoms with Crippen molar-refractivity contribution in [1.29, 1.82) is 0 Å². The van der Waals surface area contributed by atoms with Crippen LogP contribution in [0, 0.1) is 0 Å². The molecule has 1 N–H and O–H groups in total. The number of carbonyl (C=O) groups is 1. The number of nitrogens with zero attached hydrogens (tertiary/aromatic N) is 6. The number of hydrogen-bond acceptors (Lipinski definition) is 6. The van der Waals surface area contributed by atoms with Gasteiger partial charge in [-0.05, 0) is 19.3 Å². The van der Waals surface area contributed by atoms with E-state index in [2.05, 4.69) is 32.7 Å². The van der Waals surface area contributed by atoms with Gasteiger partial charge >= 0.3 is 0 Å². The topological polar surface area (TPSA) is 99.8 Å². The number of amides is 1. The Labute approximate surface area is 134 Å². The predicted molar refractivity (Wildman–Crippen MR) is 80.5 cm³/mol. The Morgan fingerprint density at radius 3 is 3.17 bits per heavy atom. The minimum atomic E-state index is -0.269. The molecule has 3 heterocycles. The lowest BCUT2D eigenvalue weighted by Crippen LogP contribution is -2.25. The number of aryl methyl sites for hydroxylation is 1. The van der Waals surface area contributed by atoms with Crippen LogP contribution in [-0.2, 0) is 24.4 Å². The van der Waals surface area contributed by atoms with E-state index in [1.165, 1.54) is 0 Å². The van der Waals surface area contributed by atoms with Gasteiger partial charge < -0.3 is 14.6 Å². The number of ether oxygens (including phenoxy) is 1. The van der Waals surface area contributed by atoms with E-state index in [1.807, 2.05) is 4.57 Å². The first-order valence-corrected chi connectivity index (χ1v) is 7.93. The Bertz CT molecular complexity index is 645. The Hall–Kier alpha value is -2.29. The van der Waals surface area contributed by atoms with Crippen LogP contribution >= 0.6 is 0 Å². The monoisotopic (exact) mass is 319 g/mol. The highest BCUT2D eigenvalue weighted by molar-refractivity contribution is 5.91. The van der Waals surface area contributed by atoms with Gasteiger partial charge in [-0.2, -0.15) is 0 Å². The predicted octanol–water partition coefficient (Wildman–Crippen LogP) is 0.389. The van der Waals surface area contributed by atoms with Crippen molar-refractivity contribution in [3.05, 3.63) is 24.0 Å². The first-order chi connectivity index (χ1) is 11.3. The summed E-state index contributed by atoms with van der Waals surface area (Å²) >= 11 is 0. The fourth-order valence-corrected chi connectivity index (χ4v) is 2.58. The molecule has 0 unspecified atom stereocenters. The van der Waals surface area contributed by atoms with Gasteiger partial charge in [0, 0.05) is 13.2 Å². The fourth-order valence-electron chi connectivity index (χ4n) is 2.58. The third-order valence-electron chi connectivity index (χ3n) is 3.75. The highest BCUT2D eigenvalue weighted by Crippen LogP contribution is 2.13. The van der Waals surface area contributed by atoms with E-state index >= 15 is 0 Å². The zero-order chi connectivity index (χ0) is 16.1. The van der Waals surface area contributed by atoms with E-state index in [9.17, 15) is 4.79 Å². The van der Waals surface area contributed by atoms with Gasteiger partial charge in [-0.15, -0.1) is 15.3 Å². The quantitative estimate of drug-likeness (QED) is 0.792. The summed E-state index contributed by atoms with van der Waals surface area (Å²) in [6.45, 7) is 4.65. The summed E-state index contributed by atoms with van der Waals surface area (Å²) in [6, 6.07) is 0. The minimum Gasteiger partial charge on any atom is -0.376 e. The summed E-state index contributed by atoms with van der Waals surface area (Å²) in [6.07, 6.45) is 6.56. The molecule has 0 aromatic carbocycles. The van der Waals surface area contributed by atoms with E-state index in [-0.39, 0.29) is 12.0 Å². The second-order valence-corrected chi connectivity index (χ2v) is 5.58. The smallest absolute Gasteiger partial charge is 0.273 e. The standard InChI is InChI=1S/C14H21N7O2/c1-2-5-20-10-16-18-13(20)7-15-14(22)12-9-21(19-17-12)8-11-4-3-6-23-11/h9-11H,2-8H2,1H3,(H,15,22)/t11-/m0/s1. The summed E-state index contributed by atoms with van der Waals surface area (Å²) in [5, 5.41) is 18.6. The molecule has 0 aliphatic carbocycles. The summed E-state index contributed by atoms with van der Waals surface area (Å²) in [4.78, 5) is 12.1. The van der Waals surface area contributed by atoms with Gasteiger partial charge in [0.25, 0.3) is 5.91 Å². The van der Waals surface area contributed by atoms with E-state index in [0.29, 0.717) is 18.8 Å². The Balaban J connectivity index is 1.53. The highest BCUT2D eigenvalue weighted by atomic mass is 16.5. The van der Waals surface area contributed by atoms with Crippen molar-refractivity contribution in [3.63, 3.8) is 0 Å². The average Bonchev–Trinajstić information content (AvgIpc) is 3.28. The number of hydrogen-bond donors (Lipinski definition) is 1. The van der Waals surface area contributed by atoms with Crippen molar-refractivity contribution in [1.82, 2.24) is 35.1 Å². The van der Waals surface area contributed by atoms with E-state index in [0.717, 1.165) is 38.2 Å². The first kappa shape index (κ1) is 15.6. The molecule has 9 heteroatoms. The lowest BCUT2D eigenvalue weighted by atomic mass is 10.2. The molecule has 2 aromatic heterocycles. The molecule has 1 amide bonds. The van der Waals surface area contributed by atoms with E-state index < -0.39 is 0 Å². The van der Waals surface area contributed by atoms with Gasteiger partial charge in [0.1, 0.15) is 6.33 Å². The summed E-state index contributed by atoms with van der Waals surface area (Å²) in [5.41, 5.74) is 0.296. The van der Waals surface area contributed by atoms with Crippen LogP contribution in [0.4, 0.5) is 0 Å². The Kier molecular flexibility index (Phi) is 4.96. The molecule has 0 spiro atoms. The molecular formula is C14H21N7O2. The summed E-state index contributed by atoms with van der Waals surface area (Å²) in [5.74, 6) is 0.460. The van der Waals surface area contributed by atoms with Crippen molar-refractivity contribution in [2.75, 3.05) is 6.61 Å². The van der Waals surface area contributed by atoms with Crippen LogP contribution in [0.1, 0.15) is 42.5 Å². The number of nitrogens with one attached hydrogen (secondary N) is 1. The maximum absolute atomic E-state index is 12.1. The van der Waals surface area contributed by atoms with Crippen molar-refractivity contribution in [2.24, 2.45) is 0 Å². The zero-order valence-electron chi connectivity index (χ0n) is 13.2. The molecule has 1 atom stereocenters.